The van der Waals surface area contributed by atoms with Gasteiger partial charge in [-0.25, -0.2) is 14.6 Å². The van der Waals surface area contributed by atoms with Gasteiger partial charge in [-0.05, 0) is 24.6 Å². The quantitative estimate of drug-likeness (QED) is 0.360. The molecule has 7 nitrogen and oxygen atoms in total. The predicted octanol–water partition coefficient (Wildman–Crippen LogP) is 5.10. The molecule has 0 bridgehead atoms. The number of pyridine rings is 1. The molecule has 2 aromatic carbocycles. The van der Waals surface area contributed by atoms with Crippen LogP contribution in [0.4, 0.5) is 5.69 Å². The Labute approximate surface area is 195 Å². The molecule has 4 aromatic rings. The molecule has 0 saturated heterocycles. The fourth-order valence-electron chi connectivity index (χ4n) is 3.10. The summed E-state index contributed by atoms with van der Waals surface area (Å²) in [6.45, 7) is 2.46. The minimum atomic E-state index is 0.429. The number of benzene rings is 2. The van der Waals surface area contributed by atoms with E-state index < -0.39 is 0 Å². The summed E-state index contributed by atoms with van der Waals surface area (Å²) in [5.74, 6) is 0.555. The number of nitrogens with one attached hydrogen (secondary N) is 1. The maximum atomic E-state index is 8.81. The minimum Gasteiger partial charge on any atom is -0.474 e. The van der Waals surface area contributed by atoms with Crippen molar-refractivity contribution in [2.45, 2.75) is 13.5 Å². The van der Waals surface area contributed by atoms with Crippen LogP contribution in [0.5, 0.6) is 5.88 Å². The highest BCUT2D eigenvalue weighted by Gasteiger charge is 2.17. The number of hydrogen-bond acceptors (Lipinski definition) is 6. The van der Waals surface area contributed by atoms with E-state index >= 15 is 0 Å². The van der Waals surface area contributed by atoms with Crippen LogP contribution in [0.15, 0.2) is 77.8 Å². The first kappa shape index (κ1) is 23.1. The molecule has 0 fully saturated rings. The highest BCUT2D eigenvalue weighted by Crippen LogP contribution is 2.40. The summed E-state index contributed by atoms with van der Waals surface area (Å²) in [5.41, 5.74) is 4.81. The second-order valence-corrected chi connectivity index (χ2v) is 7.43. The van der Waals surface area contributed by atoms with E-state index in [2.05, 4.69) is 43.5 Å². The van der Waals surface area contributed by atoms with Crippen LogP contribution in [-0.2, 0) is 11.3 Å². The van der Waals surface area contributed by atoms with Gasteiger partial charge in [0.25, 0.3) is 0 Å². The van der Waals surface area contributed by atoms with E-state index in [1.807, 2.05) is 55.6 Å². The number of aromatic nitrogens is 4. The molecule has 0 aliphatic rings. The van der Waals surface area contributed by atoms with Gasteiger partial charge in [0.15, 0.2) is 0 Å². The number of hydrogen-bond donors (Lipinski definition) is 1. The number of rotatable bonds is 7. The van der Waals surface area contributed by atoms with E-state index in [-0.39, 0.29) is 0 Å². The van der Waals surface area contributed by atoms with Crippen LogP contribution in [0.1, 0.15) is 6.92 Å². The Balaban J connectivity index is 0.000000913. The van der Waals surface area contributed by atoms with Crippen molar-refractivity contribution in [3.63, 3.8) is 0 Å². The monoisotopic (exact) mass is 493 g/mol. The normalized spacial score (nSPS) is 10.1. The number of carbonyl (C=O) groups is 1. The van der Waals surface area contributed by atoms with Gasteiger partial charge in [0.05, 0.1) is 12.2 Å². The van der Waals surface area contributed by atoms with Crippen LogP contribution in [0.2, 0.25) is 0 Å². The Morgan fingerprint density at radius 1 is 1.09 bits per heavy atom. The van der Waals surface area contributed by atoms with Crippen molar-refractivity contribution >= 4 is 27.9 Å². The molecule has 0 aliphatic carbocycles. The van der Waals surface area contributed by atoms with Crippen molar-refractivity contribution in [3.05, 3.63) is 77.8 Å². The van der Waals surface area contributed by atoms with Crippen LogP contribution in [0, 0.1) is 0 Å². The Bertz CT molecular complexity index is 1130. The molecule has 1 N–H and O–H groups in total. The molecule has 2 heterocycles. The second-order valence-electron chi connectivity index (χ2n) is 6.57. The van der Waals surface area contributed by atoms with Gasteiger partial charge in [-0.1, -0.05) is 64.5 Å². The average Bonchev–Trinajstić information content (AvgIpc) is 3.34. The lowest BCUT2D eigenvalue weighted by molar-refractivity contribution is -0.106. The summed E-state index contributed by atoms with van der Waals surface area (Å²) in [6.07, 6.45) is 3.93. The zero-order valence-electron chi connectivity index (χ0n) is 17.9. The third-order valence-corrected chi connectivity index (χ3v) is 5.19. The standard InChI is InChI=1S/C22H20BrN5O.C2H4O/c1-24-21-18(17-9-5-6-10-19(17)23)13-20(16-7-3-2-4-8-16)27-22(21)29-12-11-28-15-25-14-26-28;1-2-3/h2-10,13-15,24H,11-12H2,1H3;2H,1H3. The molecule has 0 spiro atoms. The van der Waals surface area contributed by atoms with Crippen LogP contribution in [0.25, 0.3) is 22.4 Å². The van der Waals surface area contributed by atoms with Gasteiger partial charge in [0.2, 0.25) is 5.88 Å². The summed E-state index contributed by atoms with van der Waals surface area (Å²) in [5, 5.41) is 7.38. The van der Waals surface area contributed by atoms with Crippen molar-refractivity contribution in [2.75, 3.05) is 19.0 Å². The van der Waals surface area contributed by atoms with Gasteiger partial charge < -0.3 is 14.8 Å². The first-order chi connectivity index (χ1) is 15.7. The fourth-order valence-corrected chi connectivity index (χ4v) is 3.60. The van der Waals surface area contributed by atoms with Crippen molar-refractivity contribution in [3.8, 4) is 28.3 Å². The molecule has 0 atom stereocenters. The molecule has 0 unspecified atom stereocenters. The van der Waals surface area contributed by atoms with E-state index in [9.17, 15) is 0 Å². The van der Waals surface area contributed by atoms with Crippen molar-refractivity contribution in [1.29, 1.82) is 0 Å². The van der Waals surface area contributed by atoms with Crippen LogP contribution < -0.4 is 10.1 Å². The molecular weight excluding hydrogens is 470 g/mol. The largest absolute Gasteiger partial charge is 0.474 e. The van der Waals surface area contributed by atoms with Gasteiger partial charge >= 0.3 is 0 Å². The molecule has 4 rings (SSSR count). The van der Waals surface area contributed by atoms with Gasteiger partial charge in [0, 0.05) is 22.6 Å². The number of anilines is 1. The van der Waals surface area contributed by atoms with Crippen LogP contribution in [-0.4, -0.2) is 39.7 Å². The van der Waals surface area contributed by atoms with Gasteiger partial charge in [-0.15, -0.1) is 0 Å². The number of nitrogens with zero attached hydrogens (tertiary/aromatic N) is 4. The Morgan fingerprint density at radius 3 is 2.47 bits per heavy atom. The molecule has 8 heteroatoms. The molecule has 0 aliphatic heterocycles. The lowest BCUT2D eigenvalue weighted by Crippen LogP contribution is -2.11. The van der Waals surface area contributed by atoms with E-state index in [0.29, 0.717) is 19.0 Å². The first-order valence-corrected chi connectivity index (χ1v) is 10.8. The highest BCUT2D eigenvalue weighted by molar-refractivity contribution is 9.10. The fraction of sp³-hybridized carbons (Fsp3) is 0.167. The summed E-state index contributed by atoms with van der Waals surface area (Å²) in [4.78, 5) is 17.6. The second kappa shape index (κ2) is 11.8. The third-order valence-electron chi connectivity index (χ3n) is 4.50. The van der Waals surface area contributed by atoms with Gasteiger partial charge in [-0.2, -0.15) is 5.10 Å². The molecule has 0 saturated carbocycles. The number of aldehydes is 1. The van der Waals surface area contributed by atoms with E-state index in [4.69, 9.17) is 14.5 Å². The summed E-state index contributed by atoms with van der Waals surface area (Å²) in [7, 11) is 1.88. The first-order valence-electron chi connectivity index (χ1n) is 10.1. The van der Waals surface area contributed by atoms with E-state index in [1.54, 1.807) is 11.0 Å². The average molecular weight is 494 g/mol. The molecular formula is C24H24BrN5O2. The number of halogens is 1. The lowest BCUT2D eigenvalue weighted by Gasteiger charge is -2.17. The summed E-state index contributed by atoms with van der Waals surface area (Å²) < 4.78 is 8.83. The lowest BCUT2D eigenvalue weighted by atomic mass is 10.0. The molecule has 0 amide bonds. The molecule has 164 valence electrons. The maximum absolute atomic E-state index is 8.81. The summed E-state index contributed by atoms with van der Waals surface area (Å²) in [6, 6.07) is 20.3. The topological polar surface area (TPSA) is 81.9 Å². The smallest absolute Gasteiger partial charge is 0.238 e. The Morgan fingerprint density at radius 2 is 1.81 bits per heavy atom. The van der Waals surface area contributed by atoms with E-state index in [0.717, 1.165) is 38.8 Å². The Kier molecular flexibility index (Phi) is 8.51. The van der Waals surface area contributed by atoms with Gasteiger partial charge in [0.1, 0.15) is 31.2 Å². The summed E-state index contributed by atoms with van der Waals surface area (Å²) >= 11 is 3.67. The molecule has 2 aromatic heterocycles. The zero-order chi connectivity index (χ0) is 22.8. The van der Waals surface area contributed by atoms with Crippen LogP contribution in [0.3, 0.4) is 0 Å². The molecule has 32 heavy (non-hydrogen) atoms. The van der Waals surface area contributed by atoms with Gasteiger partial charge in [-0.3, -0.25) is 0 Å². The highest BCUT2D eigenvalue weighted by atomic mass is 79.9. The number of carbonyl (C=O) groups excluding carboxylic acids is 1. The van der Waals surface area contributed by atoms with Crippen LogP contribution >= 0.6 is 15.9 Å². The SMILES string of the molecule is CC=O.CNc1c(-c2ccccc2Br)cc(-c2ccccc2)nc1OCCn1cncn1. The van der Waals surface area contributed by atoms with Crippen molar-refractivity contribution < 1.29 is 9.53 Å². The van der Waals surface area contributed by atoms with Crippen molar-refractivity contribution in [1.82, 2.24) is 19.7 Å². The predicted molar refractivity (Wildman–Crippen MR) is 130 cm³/mol. The van der Waals surface area contributed by atoms with E-state index in [1.165, 1.54) is 13.3 Å². The minimum absolute atomic E-state index is 0.429. The number of ether oxygens (including phenoxy) is 1. The van der Waals surface area contributed by atoms with Crippen molar-refractivity contribution in [2.24, 2.45) is 0 Å². The molecule has 0 radical (unpaired) electrons. The zero-order valence-corrected chi connectivity index (χ0v) is 19.5. The third kappa shape index (κ3) is 5.79. The maximum Gasteiger partial charge on any atom is 0.238 e. The Hall–Kier alpha value is -3.52.